The Morgan fingerprint density at radius 1 is 0.348 bits per heavy atom. The molecule has 10 rings (SSSR count). The molecular formula is C42H26N4. The van der Waals surface area contributed by atoms with E-state index in [2.05, 4.69) is 143 Å². The quantitative estimate of drug-likeness (QED) is 0.206. The summed E-state index contributed by atoms with van der Waals surface area (Å²) in [6.45, 7) is 0. The van der Waals surface area contributed by atoms with Gasteiger partial charge in [0.25, 0.3) is 0 Å². The number of aromatic nitrogens is 4. The number of pyridine rings is 2. The van der Waals surface area contributed by atoms with Gasteiger partial charge in [0.2, 0.25) is 0 Å². The van der Waals surface area contributed by atoms with Crippen LogP contribution in [-0.4, -0.2) is 19.1 Å². The molecule has 4 aromatic heterocycles. The second kappa shape index (κ2) is 9.62. The summed E-state index contributed by atoms with van der Waals surface area (Å²) in [6, 6.07) is 52.2. The first kappa shape index (κ1) is 25.1. The topological polar surface area (TPSA) is 35.6 Å². The molecule has 0 spiro atoms. The Kier molecular flexibility index (Phi) is 5.25. The minimum absolute atomic E-state index is 0.970. The summed E-state index contributed by atoms with van der Waals surface area (Å²) in [6.07, 6.45) is 3.75. The Hall–Kier alpha value is -6.26. The Bertz CT molecular complexity index is 2590. The zero-order valence-electron chi connectivity index (χ0n) is 24.8. The van der Waals surface area contributed by atoms with E-state index in [0.717, 1.165) is 44.5 Å². The average molecular weight is 587 g/mol. The molecule has 46 heavy (non-hydrogen) atoms. The summed E-state index contributed by atoms with van der Waals surface area (Å²) in [5.74, 6) is 0. The van der Waals surface area contributed by atoms with Crippen molar-refractivity contribution >= 4 is 65.4 Å². The van der Waals surface area contributed by atoms with Crippen LogP contribution in [0.4, 0.5) is 0 Å². The number of fused-ring (bicyclic) bond motifs is 8. The molecule has 0 bridgehead atoms. The fourth-order valence-electron chi connectivity index (χ4n) is 7.19. The van der Waals surface area contributed by atoms with Gasteiger partial charge < -0.3 is 0 Å². The molecule has 6 aromatic carbocycles. The van der Waals surface area contributed by atoms with Crippen LogP contribution >= 0.6 is 0 Å². The minimum Gasteiger partial charge on any atom is -0.294 e. The third kappa shape index (κ3) is 3.67. The third-order valence-corrected chi connectivity index (χ3v) is 9.37. The lowest BCUT2D eigenvalue weighted by molar-refractivity contribution is 1.13. The van der Waals surface area contributed by atoms with Gasteiger partial charge in [-0.05, 0) is 105 Å². The standard InChI is InChI=1S/C42H26N4/c1-3-9-31-25-39-37(23-29(31)7-1)35-11-5-21-43-41(35)45(39)33-17-13-27(14-18-33)28-15-19-34(20-16-28)46-40-26-32-10-4-2-8-30(32)24-38(40)36-12-6-22-44-42(36)46/h1-26H. The van der Waals surface area contributed by atoms with E-state index in [1.165, 1.54) is 43.4 Å². The molecule has 0 saturated carbocycles. The van der Waals surface area contributed by atoms with Crippen molar-refractivity contribution in [3.63, 3.8) is 0 Å². The van der Waals surface area contributed by atoms with E-state index in [0.29, 0.717) is 0 Å². The van der Waals surface area contributed by atoms with Crippen molar-refractivity contribution < 1.29 is 0 Å². The van der Waals surface area contributed by atoms with E-state index in [1.54, 1.807) is 0 Å². The lowest BCUT2D eigenvalue weighted by atomic mass is 10.0. The maximum Gasteiger partial charge on any atom is 0.145 e. The zero-order valence-corrected chi connectivity index (χ0v) is 24.8. The summed E-state index contributed by atoms with van der Waals surface area (Å²) < 4.78 is 4.56. The molecule has 0 N–H and O–H groups in total. The van der Waals surface area contributed by atoms with Gasteiger partial charge in [0.05, 0.1) is 11.0 Å². The fourth-order valence-corrected chi connectivity index (χ4v) is 7.19. The van der Waals surface area contributed by atoms with Gasteiger partial charge in [-0.2, -0.15) is 0 Å². The minimum atomic E-state index is 0.970. The highest BCUT2D eigenvalue weighted by atomic mass is 15.1. The van der Waals surface area contributed by atoms with Gasteiger partial charge in [-0.1, -0.05) is 72.8 Å². The van der Waals surface area contributed by atoms with Gasteiger partial charge >= 0.3 is 0 Å². The summed E-state index contributed by atoms with van der Waals surface area (Å²) >= 11 is 0. The molecule has 0 radical (unpaired) electrons. The monoisotopic (exact) mass is 586 g/mol. The molecule has 0 saturated heterocycles. The predicted octanol–water partition coefficient (Wildman–Crippen LogP) is 10.6. The second-order valence-electron chi connectivity index (χ2n) is 11.9. The second-order valence-corrected chi connectivity index (χ2v) is 11.9. The summed E-state index contributed by atoms with van der Waals surface area (Å²) in [4.78, 5) is 9.63. The summed E-state index contributed by atoms with van der Waals surface area (Å²) in [5.41, 5.74) is 8.79. The SMILES string of the molecule is c1ccc2cc3c(cc2c1)c1cccnc1n3-c1ccc(-c2ccc(-n3c4cc5ccccc5cc4c4cccnc43)cc2)cc1. The molecule has 0 aliphatic carbocycles. The van der Waals surface area contributed by atoms with Crippen molar-refractivity contribution in [2.45, 2.75) is 0 Å². The highest BCUT2D eigenvalue weighted by Gasteiger charge is 2.16. The van der Waals surface area contributed by atoms with Crippen molar-refractivity contribution in [1.82, 2.24) is 19.1 Å². The van der Waals surface area contributed by atoms with Crippen LogP contribution in [0, 0.1) is 0 Å². The van der Waals surface area contributed by atoms with Crippen LogP contribution in [0.15, 0.2) is 158 Å². The molecule has 214 valence electrons. The van der Waals surface area contributed by atoms with Crippen LogP contribution in [0.3, 0.4) is 0 Å². The Morgan fingerprint density at radius 2 is 0.739 bits per heavy atom. The Morgan fingerprint density at radius 3 is 1.15 bits per heavy atom. The molecular weight excluding hydrogens is 560 g/mol. The van der Waals surface area contributed by atoms with Crippen LogP contribution in [-0.2, 0) is 0 Å². The van der Waals surface area contributed by atoms with Crippen molar-refractivity contribution in [3.05, 3.63) is 158 Å². The molecule has 0 aliphatic rings. The molecule has 10 aromatic rings. The van der Waals surface area contributed by atoms with E-state index >= 15 is 0 Å². The van der Waals surface area contributed by atoms with E-state index in [9.17, 15) is 0 Å². The summed E-state index contributed by atoms with van der Waals surface area (Å²) in [7, 11) is 0. The van der Waals surface area contributed by atoms with Crippen molar-refractivity contribution in [3.8, 4) is 22.5 Å². The fraction of sp³-hybridized carbons (Fsp3) is 0. The van der Waals surface area contributed by atoms with Crippen LogP contribution in [0.5, 0.6) is 0 Å². The number of benzene rings is 6. The smallest absolute Gasteiger partial charge is 0.145 e. The van der Waals surface area contributed by atoms with E-state index in [4.69, 9.17) is 9.97 Å². The Labute approximate surface area is 264 Å². The molecule has 0 atom stereocenters. The number of nitrogens with zero attached hydrogens (tertiary/aromatic N) is 4. The van der Waals surface area contributed by atoms with Crippen LogP contribution in [0.25, 0.3) is 87.9 Å². The number of hydrogen-bond acceptors (Lipinski definition) is 2. The third-order valence-electron chi connectivity index (χ3n) is 9.37. The number of rotatable bonds is 3. The van der Waals surface area contributed by atoms with Gasteiger partial charge in [0.1, 0.15) is 11.3 Å². The molecule has 0 aliphatic heterocycles. The van der Waals surface area contributed by atoms with Gasteiger partial charge in [0, 0.05) is 45.3 Å². The predicted molar refractivity (Wildman–Crippen MR) is 191 cm³/mol. The Balaban J connectivity index is 1.07. The van der Waals surface area contributed by atoms with Crippen LogP contribution in [0.1, 0.15) is 0 Å². The van der Waals surface area contributed by atoms with Crippen LogP contribution in [0.2, 0.25) is 0 Å². The van der Waals surface area contributed by atoms with Gasteiger partial charge in [-0.3, -0.25) is 9.13 Å². The molecule has 0 fully saturated rings. The zero-order chi connectivity index (χ0) is 30.2. The van der Waals surface area contributed by atoms with Crippen molar-refractivity contribution in [1.29, 1.82) is 0 Å². The van der Waals surface area contributed by atoms with Gasteiger partial charge in [0.15, 0.2) is 0 Å². The number of hydrogen-bond donors (Lipinski definition) is 0. The molecule has 4 heterocycles. The van der Waals surface area contributed by atoms with E-state index < -0.39 is 0 Å². The molecule has 0 unspecified atom stereocenters. The average Bonchev–Trinajstić information content (AvgIpc) is 3.61. The first-order valence-corrected chi connectivity index (χ1v) is 15.6. The highest BCUT2D eigenvalue weighted by Crippen LogP contribution is 2.36. The summed E-state index contributed by atoms with van der Waals surface area (Å²) in [5, 5.41) is 9.68. The molecule has 4 nitrogen and oxygen atoms in total. The maximum absolute atomic E-state index is 4.82. The van der Waals surface area contributed by atoms with E-state index in [-0.39, 0.29) is 0 Å². The normalized spacial score (nSPS) is 11.9. The largest absolute Gasteiger partial charge is 0.294 e. The van der Waals surface area contributed by atoms with Gasteiger partial charge in [-0.25, -0.2) is 9.97 Å². The first-order valence-electron chi connectivity index (χ1n) is 15.6. The van der Waals surface area contributed by atoms with Crippen molar-refractivity contribution in [2.75, 3.05) is 0 Å². The first-order chi connectivity index (χ1) is 22.8. The lowest BCUT2D eigenvalue weighted by Gasteiger charge is -2.11. The van der Waals surface area contributed by atoms with Crippen LogP contribution < -0.4 is 0 Å². The van der Waals surface area contributed by atoms with Gasteiger partial charge in [-0.15, -0.1) is 0 Å². The van der Waals surface area contributed by atoms with Crippen molar-refractivity contribution in [2.24, 2.45) is 0 Å². The lowest BCUT2D eigenvalue weighted by Crippen LogP contribution is -1.96. The van der Waals surface area contributed by atoms with E-state index in [1.807, 2.05) is 24.5 Å². The molecule has 4 heteroatoms. The highest BCUT2D eigenvalue weighted by molar-refractivity contribution is 6.13. The maximum atomic E-state index is 4.82. The molecule has 0 amide bonds.